The molecule has 1 fully saturated rings. The lowest BCUT2D eigenvalue weighted by Crippen LogP contribution is -2.54. The summed E-state index contributed by atoms with van der Waals surface area (Å²) in [6.07, 6.45) is 1.41. The second-order valence-electron chi connectivity index (χ2n) is 8.62. The predicted molar refractivity (Wildman–Crippen MR) is 150 cm³/mol. The molecule has 2 heterocycles. The molecule has 0 atom stereocenters. The Morgan fingerprint density at radius 3 is 2.49 bits per heavy atom. The molecule has 0 radical (unpaired) electrons. The smallest absolute Gasteiger partial charge is 0.335 e. The van der Waals surface area contributed by atoms with Gasteiger partial charge in [0.15, 0.2) is 23.0 Å². The Kier molecular flexibility index (Phi) is 7.62. The Morgan fingerprint density at radius 1 is 0.949 bits per heavy atom. The third-order valence-electron chi connectivity index (χ3n) is 6.00. The number of nitrogens with zero attached hydrogens (tertiary/aromatic N) is 1. The average molecular weight is 658 g/mol. The number of nitrogens with one attached hydrogen (secondary N) is 1. The highest BCUT2D eigenvalue weighted by Gasteiger charge is 2.37. The Balaban J connectivity index is 1.43. The van der Waals surface area contributed by atoms with Gasteiger partial charge >= 0.3 is 6.03 Å². The maximum atomic E-state index is 13.4. The van der Waals surface area contributed by atoms with Gasteiger partial charge in [-0.25, -0.2) is 9.69 Å². The molecule has 0 spiro atoms. The molecule has 0 saturated carbocycles. The van der Waals surface area contributed by atoms with E-state index in [0.29, 0.717) is 45.3 Å². The van der Waals surface area contributed by atoms with Crippen molar-refractivity contribution in [1.29, 1.82) is 0 Å². The van der Waals surface area contributed by atoms with E-state index in [2.05, 4.69) is 37.2 Å². The quantitative estimate of drug-likeness (QED) is 0.250. The minimum Gasteiger partial charge on any atom is -0.490 e. The first-order chi connectivity index (χ1) is 18.7. The van der Waals surface area contributed by atoms with Gasteiger partial charge in [-0.3, -0.25) is 14.9 Å². The molecule has 3 aromatic rings. The molecule has 2 aliphatic heterocycles. The molecule has 4 amide bonds. The van der Waals surface area contributed by atoms with Crippen LogP contribution in [0.25, 0.3) is 6.08 Å². The molecule has 1 N–H and O–H groups in total. The molecule has 0 bridgehead atoms. The van der Waals surface area contributed by atoms with Crippen LogP contribution in [0.5, 0.6) is 23.0 Å². The maximum Gasteiger partial charge on any atom is 0.335 e. The summed E-state index contributed by atoms with van der Waals surface area (Å²) in [6, 6.07) is 13.2. The molecular weight excluding hydrogens is 636 g/mol. The lowest BCUT2D eigenvalue weighted by atomic mass is 10.1. The second kappa shape index (κ2) is 11.1. The van der Waals surface area contributed by atoms with Crippen molar-refractivity contribution in [2.45, 2.75) is 20.5 Å². The SMILES string of the molecule is CCOc1cc(/C=C2\C(=O)NC(=O)N(c3ccc(Br)c(C)c3)C2=O)c(Br)cc1OCc1ccc2c(c1)OCO2. The van der Waals surface area contributed by atoms with Crippen LogP contribution in [0.2, 0.25) is 0 Å². The van der Waals surface area contributed by atoms with E-state index in [-0.39, 0.29) is 19.0 Å². The average Bonchev–Trinajstić information content (AvgIpc) is 3.37. The topological polar surface area (TPSA) is 103 Å². The Bertz CT molecular complexity index is 1540. The van der Waals surface area contributed by atoms with Crippen LogP contribution in [-0.4, -0.2) is 31.2 Å². The van der Waals surface area contributed by atoms with Crippen LogP contribution in [0, 0.1) is 6.92 Å². The van der Waals surface area contributed by atoms with Crippen LogP contribution >= 0.6 is 31.9 Å². The van der Waals surface area contributed by atoms with Crippen molar-refractivity contribution < 1.29 is 33.3 Å². The van der Waals surface area contributed by atoms with Crippen LogP contribution in [0.15, 0.2) is 63.0 Å². The summed E-state index contributed by atoms with van der Waals surface area (Å²) in [5, 5.41) is 2.25. The number of hydrogen-bond acceptors (Lipinski definition) is 7. The van der Waals surface area contributed by atoms with Crippen molar-refractivity contribution in [3.05, 3.63) is 79.7 Å². The highest BCUT2D eigenvalue weighted by molar-refractivity contribution is 9.10. The predicted octanol–water partition coefficient (Wildman–Crippen LogP) is 5.89. The fourth-order valence-corrected chi connectivity index (χ4v) is 4.73. The molecule has 0 unspecified atom stereocenters. The zero-order valence-electron chi connectivity index (χ0n) is 20.9. The van der Waals surface area contributed by atoms with Gasteiger partial charge in [-0.05, 0) is 79.1 Å². The van der Waals surface area contributed by atoms with E-state index in [1.165, 1.54) is 6.08 Å². The lowest BCUT2D eigenvalue weighted by Gasteiger charge is -2.27. The van der Waals surface area contributed by atoms with Crippen molar-refractivity contribution in [2.24, 2.45) is 0 Å². The van der Waals surface area contributed by atoms with E-state index in [0.717, 1.165) is 20.5 Å². The number of hydrogen-bond donors (Lipinski definition) is 1. The van der Waals surface area contributed by atoms with Gasteiger partial charge in [0.25, 0.3) is 11.8 Å². The third-order valence-corrected chi connectivity index (χ3v) is 7.57. The van der Waals surface area contributed by atoms with Gasteiger partial charge in [0.1, 0.15) is 12.2 Å². The van der Waals surface area contributed by atoms with Gasteiger partial charge in [-0.1, -0.05) is 37.9 Å². The number of halogens is 2. The summed E-state index contributed by atoms with van der Waals surface area (Å²) in [4.78, 5) is 39.6. The number of barbiturate groups is 1. The summed E-state index contributed by atoms with van der Waals surface area (Å²) in [5.41, 5.74) is 2.34. The zero-order valence-corrected chi connectivity index (χ0v) is 24.1. The monoisotopic (exact) mass is 656 g/mol. The fraction of sp³-hybridized carbons (Fsp3) is 0.179. The number of imide groups is 2. The van der Waals surface area contributed by atoms with Gasteiger partial charge in [-0.15, -0.1) is 0 Å². The van der Waals surface area contributed by atoms with E-state index in [1.807, 2.05) is 32.0 Å². The standard InChI is InChI=1S/C28H22Br2N2O7/c1-3-36-24-11-17(21(30)12-25(24)37-13-16-4-7-22-23(9-16)39-14-38-22)10-19-26(33)31-28(35)32(27(19)34)18-5-6-20(29)15(2)8-18/h4-12H,3,13-14H2,1-2H3,(H,31,33,35)/b19-10+. The Morgan fingerprint density at radius 2 is 1.72 bits per heavy atom. The molecule has 5 rings (SSSR count). The van der Waals surface area contributed by atoms with Crippen LogP contribution < -0.4 is 29.2 Å². The number of rotatable bonds is 7. The van der Waals surface area contributed by atoms with Gasteiger partial charge in [0.2, 0.25) is 6.79 Å². The molecular formula is C28H22Br2N2O7. The van der Waals surface area contributed by atoms with Crippen LogP contribution in [0.3, 0.4) is 0 Å². The second-order valence-corrected chi connectivity index (χ2v) is 10.3. The number of fused-ring (bicyclic) bond motifs is 1. The van der Waals surface area contributed by atoms with E-state index < -0.39 is 17.8 Å². The largest absolute Gasteiger partial charge is 0.490 e. The molecule has 0 aromatic heterocycles. The first-order valence-corrected chi connectivity index (χ1v) is 13.5. The minimum atomic E-state index is -0.815. The van der Waals surface area contributed by atoms with Crippen molar-refractivity contribution >= 4 is 61.5 Å². The number of carbonyl (C=O) groups is 3. The normalized spacial score (nSPS) is 15.5. The third kappa shape index (κ3) is 5.50. The molecule has 0 aliphatic carbocycles. The van der Waals surface area contributed by atoms with Crippen LogP contribution in [-0.2, 0) is 16.2 Å². The number of amides is 4. The molecule has 1 saturated heterocycles. The first kappa shape index (κ1) is 26.8. The van der Waals surface area contributed by atoms with Crippen molar-refractivity contribution in [3.8, 4) is 23.0 Å². The van der Waals surface area contributed by atoms with Gasteiger partial charge < -0.3 is 18.9 Å². The van der Waals surface area contributed by atoms with Crippen molar-refractivity contribution in [3.63, 3.8) is 0 Å². The van der Waals surface area contributed by atoms with Crippen molar-refractivity contribution in [2.75, 3.05) is 18.3 Å². The van der Waals surface area contributed by atoms with Crippen LogP contribution in [0.4, 0.5) is 10.5 Å². The minimum absolute atomic E-state index is 0.188. The summed E-state index contributed by atoms with van der Waals surface area (Å²) >= 11 is 6.92. The zero-order chi connectivity index (χ0) is 27.7. The van der Waals surface area contributed by atoms with Gasteiger partial charge in [-0.2, -0.15) is 0 Å². The number of benzene rings is 3. The Labute approximate surface area is 240 Å². The maximum absolute atomic E-state index is 13.4. The van der Waals surface area contributed by atoms with E-state index in [9.17, 15) is 14.4 Å². The number of aryl methyl sites for hydroxylation is 1. The molecule has 39 heavy (non-hydrogen) atoms. The summed E-state index contributed by atoms with van der Waals surface area (Å²) in [5.74, 6) is 0.705. The van der Waals surface area contributed by atoms with E-state index in [4.69, 9.17) is 18.9 Å². The van der Waals surface area contributed by atoms with Crippen LogP contribution in [0.1, 0.15) is 23.6 Å². The molecule has 200 valence electrons. The van der Waals surface area contributed by atoms with E-state index >= 15 is 0 Å². The first-order valence-electron chi connectivity index (χ1n) is 11.9. The van der Waals surface area contributed by atoms with Gasteiger partial charge in [0.05, 0.1) is 12.3 Å². The highest BCUT2D eigenvalue weighted by Crippen LogP contribution is 2.37. The van der Waals surface area contributed by atoms with Crippen molar-refractivity contribution in [1.82, 2.24) is 5.32 Å². The number of urea groups is 1. The lowest BCUT2D eigenvalue weighted by molar-refractivity contribution is -0.122. The molecule has 3 aromatic carbocycles. The van der Waals surface area contributed by atoms with E-state index in [1.54, 1.807) is 30.3 Å². The number of carbonyl (C=O) groups excluding carboxylic acids is 3. The summed E-state index contributed by atoms with van der Waals surface area (Å²) in [6.45, 7) is 4.47. The number of ether oxygens (including phenoxy) is 4. The summed E-state index contributed by atoms with van der Waals surface area (Å²) < 4.78 is 24.0. The van der Waals surface area contributed by atoms with Gasteiger partial charge in [0, 0.05) is 8.95 Å². The summed E-state index contributed by atoms with van der Waals surface area (Å²) in [7, 11) is 0. The highest BCUT2D eigenvalue weighted by atomic mass is 79.9. The molecule has 2 aliphatic rings. The molecule has 11 heteroatoms. The molecule has 9 nitrogen and oxygen atoms in total. The Hall–Kier alpha value is -3.83. The number of anilines is 1. The fourth-order valence-electron chi connectivity index (χ4n) is 4.05.